The van der Waals surface area contributed by atoms with Crippen LogP contribution in [0, 0.1) is 0 Å². The van der Waals surface area contributed by atoms with Crippen LogP contribution < -0.4 is 0 Å². The van der Waals surface area contributed by atoms with Crippen molar-refractivity contribution in [3.8, 4) is 0 Å². The number of hydrogen-bond acceptors (Lipinski definition) is 6. The highest BCUT2D eigenvalue weighted by Crippen LogP contribution is 2.30. The Morgan fingerprint density at radius 3 is 2.67 bits per heavy atom. The molecule has 1 N–H and O–H groups in total. The van der Waals surface area contributed by atoms with E-state index in [4.69, 9.17) is 21.1 Å². The number of aliphatic hydroxyl groups is 1. The molecule has 1 aromatic rings. The molecule has 0 bridgehead atoms. The van der Waals surface area contributed by atoms with Gasteiger partial charge in [-0.05, 0) is 24.6 Å². The first-order chi connectivity index (χ1) is 9.87. The number of halogens is 1. The van der Waals surface area contributed by atoms with Gasteiger partial charge in [-0.25, -0.2) is 13.2 Å². The number of hydrogen-bond donors (Lipinski definition) is 1. The number of esters is 1. The van der Waals surface area contributed by atoms with Crippen LogP contribution in [0.4, 0.5) is 0 Å². The molecular formula is C13H15ClO6S. The summed E-state index contributed by atoms with van der Waals surface area (Å²) in [4.78, 5) is 11.4. The molecule has 8 heteroatoms. The van der Waals surface area contributed by atoms with Crippen LogP contribution in [0.2, 0.25) is 5.02 Å². The minimum absolute atomic E-state index is 0.0303. The van der Waals surface area contributed by atoms with Gasteiger partial charge in [0.05, 0.1) is 29.7 Å². The fraction of sp³-hybridized carbons (Fsp3) is 0.462. The van der Waals surface area contributed by atoms with Gasteiger partial charge in [0.15, 0.2) is 15.9 Å². The van der Waals surface area contributed by atoms with Gasteiger partial charge in [0.2, 0.25) is 0 Å². The topological polar surface area (TPSA) is 89.9 Å². The van der Waals surface area contributed by atoms with Crippen LogP contribution in [-0.4, -0.2) is 44.6 Å². The van der Waals surface area contributed by atoms with Crippen molar-refractivity contribution < 1.29 is 27.8 Å². The molecule has 1 aliphatic heterocycles. The minimum atomic E-state index is -3.56. The van der Waals surface area contributed by atoms with Crippen LogP contribution >= 0.6 is 11.6 Å². The lowest BCUT2D eigenvalue weighted by Gasteiger charge is -2.26. The second-order valence-corrected chi connectivity index (χ2v) is 7.15. The predicted octanol–water partition coefficient (Wildman–Crippen LogP) is 1.11. The number of sulfone groups is 1. The van der Waals surface area contributed by atoms with Gasteiger partial charge in [0, 0.05) is 0 Å². The fourth-order valence-corrected chi connectivity index (χ4v) is 3.86. The first-order valence-corrected chi connectivity index (χ1v) is 8.26. The van der Waals surface area contributed by atoms with Crippen molar-refractivity contribution >= 4 is 27.4 Å². The summed E-state index contributed by atoms with van der Waals surface area (Å²) in [6.07, 6.45) is -1.49. The first-order valence-electron chi connectivity index (χ1n) is 6.33. The van der Waals surface area contributed by atoms with Gasteiger partial charge in [-0.2, -0.15) is 0 Å². The van der Waals surface area contributed by atoms with Crippen LogP contribution in [0.25, 0.3) is 0 Å². The largest absolute Gasteiger partial charge is 0.464 e. The maximum Gasteiger partial charge on any atom is 0.339 e. The summed E-state index contributed by atoms with van der Waals surface area (Å²) in [5.74, 6) is -0.809. The van der Waals surface area contributed by atoms with E-state index < -0.39 is 27.2 Å². The van der Waals surface area contributed by atoms with Crippen LogP contribution in [0.1, 0.15) is 18.6 Å². The quantitative estimate of drug-likeness (QED) is 0.811. The Morgan fingerprint density at radius 2 is 2.19 bits per heavy atom. The average molecular weight is 335 g/mol. The lowest BCUT2D eigenvalue weighted by Crippen LogP contribution is -2.40. The molecule has 1 fully saturated rings. The molecule has 1 atom stereocenters. The molecular weight excluding hydrogens is 320 g/mol. The van der Waals surface area contributed by atoms with E-state index in [1.807, 2.05) is 0 Å². The lowest BCUT2D eigenvalue weighted by atomic mass is 10.1. The molecule has 1 aliphatic rings. The van der Waals surface area contributed by atoms with Gasteiger partial charge in [-0.3, -0.25) is 0 Å². The summed E-state index contributed by atoms with van der Waals surface area (Å²) in [5.41, 5.74) is 0.183. The third-order valence-electron chi connectivity index (χ3n) is 3.13. The van der Waals surface area contributed by atoms with E-state index in [0.29, 0.717) is 0 Å². The third kappa shape index (κ3) is 3.21. The minimum Gasteiger partial charge on any atom is -0.464 e. The predicted molar refractivity (Wildman–Crippen MR) is 74.8 cm³/mol. The van der Waals surface area contributed by atoms with Crippen LogP contribution in [0.3, 0.4) is 0 Å². The Balaban J connectivity index is 2.27. The number of ether oxygens (including phenoxy) is 2. The van der Waals surface area contributed by atoms with E-state index in [0.717, 1.165) is 0 Å². The number of aliphatic hydroxyl groups excluding tert-OH is 1. The monoisotopic (exact) mass is 334 g/mol. The van der Waals surface area contributed by atoms with E-state index in [-0.39, 0.29) is 35.3 Å². The van der Waals surface area contributed by atoms with E-state index in [1.54, 1.807) is 6.92 Å². The SMILES string of the molecule is CCOC(=O)C(O)c1ccc(S(=O)(=O)C2COC2)c(Cl)c1. The van der Waals surface area contributed by atoms with E-state index >= 15 is 0 Å². The summed E-state index contributed by atoms with van der Waals surface area (Å²) < 4.78 is 34.0. The van der Waals surface area contributed by atoms with Gasteiger partial charge in [0.1, 0.15) is 5.25 Å². The summed E-state index contributed by atoms with van der Waals surface area (Å²) in [5, 5.41) is 9.16. The molecule has 116 valence electrons. The highest BCUT2D eigenvalue weighted by Gasteiger charge is 2.35. The smallest absolute Gasteiger partial charge is 0.339 e. The molecule has 0 aromatic heterocycles. The number of carbonyl (C=O) groups is 1. The average Bonchev–Trinajstić information content (AvgIpc) is 2.34. The van der Waals surface area contributed by atoms with E-state index in [9.17, 15) is 18.3 Å². The third-order valence-corrected chi connectivity index (χ3v) is 5.68. The number of benzene rings is 1. The number of carbonyl (C=O) groups excluding carboxylic acids is 1. The molecule has 21 heavy (non-hydrogen) atoms. The van der Waals surface area contributed by atoms with Gasteiger partial charge < -0.3 is 14.6 Å². The zero-order chi connectivity index (χ0) is 15.6. The molecule has 1 saturated heterocycles. The lowest BCUT2D eigenvalue weighted by molar-refractivity contribution is -0.153. The second kappa shape index (κ2) is 6.31. The molecule has 2 rings (SSSR count). The molecule has 0 radical (unpaired) electrons. The number of rotatable bonds is 5. The van der Waals surface area contributed by atoms with Crippen LogP contribution in [0.15, 0.2) is 23.1 Å². The maximum atomic E-state index is 12.2. The van der Waals surface area contributed by atoms with Crippen molar-refractivity contribution in [2.75, 3.05) is 19.8 Å². The fourth-order valence-electron chi connectivity index (χ4n) is 1.85. The molecule has 0 amide bonds. The molecule has 1 heterocycles. The van der Waals surface area contributed by atoms with Crippen molar-refractivity contribution in [2.24, 2.45) is 0 Å². The van der Waals surface area contributed by atoms with Gasteiger partial charge in [-0.15, -0.1) is 0 Å². The van der Waals surface area contributed by atoms with Crippen molar-refractivity contribution in [2.45, 2.75) is 23.2 Å². The Kier molecular flexibility index (Phi) is 4.88. The molecule has 0 saturated carbocycles. The van der Waals surface area contributed by atoms with Crippen molar-refractivity contribution in [1.82, 2.24) is 0 Å². The van der Waals surface area contributed by atoms with Crippen molar-refractivity contribution in [3.05, 3.63) is 28.8 Å². The van der Waals surface area contributed by atoms with Crippen molar-refractivity contribution in [3.63, 3.8) is 0 Å². The molecule has 0 spiro atoms. The standard InChI is InChI=1S/C13H15ClO6S/c1-2-20-13(16)12(15)8-3-4-11(10(14)5-8)21(17,18)9-6-19-7-9/h3-5,9,12,15H,2,6-7H2,1H3. The van der Waals surface area contributed by atoms with E-state index in [1.165, 1.54) is 18.2 Å². The Morgan fingerprint density at radius 1 is 1.52 bits per heavy atom. The van der Waals surface area contributed by atoms with Gasteiger partial charge in [-0.1, -0.05) is 17.7 Å². The molecule has 0 aliphatic carbocycles. The Hall–Kier alpha value is -1.15. The maximum absolute atomic E-state index is 12.2. The Bertz CT molecular complexity index is 638. The molecule has 1 unspecified atom stereocenters. The zero-order valence-electron chi connectivity index (χ0n) is 11.3. The summed E-state index contributed by atoms with van der Waals surface area (Å²) in [7, 11) is -3.56. The molecule has 1 aromatic carbocycles. The van der Waals surface area contributed by atoms with Crippen molar-refractivity contribution in [1.29, 1.82) is 0 Å². The highest BCUT2D eigenvalue weighted by atomic mass is 35.5. The Labute approximate surface area is 127 Å². The normalized spacial score (nSPS) is 17.1. The summed E-state index contributed by atoms with van der Waals surface area (Å²) in [6.45, 7) is 2.05. The summed E-state index contributed by atoms with van der Waals surface area (Å²) >= 11 is 5.98. The first kappa shape index (κ1) is 16.2. The zero-order valence-corrected chi connectivity index (χ0v) is 12.9. The second-order valence-electron chi connectivity index (χ2n) is 4.55. The van der Waals surface area contributed by atoms with Gasteiger partial charge in [0.25, 0.3) is 0 Å². The van der Waals surface area contributed by atoms with Gasteiger partial charge >= 0.3 is 5.97 Å². The molecule has 6 nitrogen and oxygen atoms in total. The summed E-state index contributed by atoms with van der Waals surface area (Å²) in [6, 6.07) is 3.89. The van der Waals surface area contributed by atoms with Crippen LogP contribution in [0.5, 0.6) is 0 Å². The van der Waals surface area contributed by atoms with Crippen LogP contribution in [-0.2, 0) is 24.1 Å². The van der Waals surface area contributed by atoms with E-state index in [2.05, 4.69) is 0 Å². The highest BCUT2D eigenvalue weighted by molar-refractivity contribution is 7.92.